The Morgan fingerprint density at radius 2 is 2.17 bits per heavy atom. The molecule has 0 N–H and O–H groups in total. The average molecular weight is 176 g/mol. The Kier molecular flexibility index (Phi) is 5.52. The van der Waals surface area contributed by atoms with Gasteiger partial charge in [0.2, 0.25) is 0 Å². The van der Waals surface area contributed by atoms with Gasteiger partial charge in [-0.05, 0) is 35.2 Å². The standard InChI is InChI=1S/C8H10O2S.Li/c1-2-7-4-3-5-8(6-7)11(9)10;/h3-6H,2H2,1H3,(H,9,10);/q;+1/p-1. The van der Waals surface area contributed by atoms with Gasteiger partial charge in [0.1, 0.15) is 0 Å². The van der Waals surface area contributed by atoms with E-state index in [9.17, 15) is 8.76 Å². The molecule has 0 spiro atoms. The number of hydrogen-bond acceptors (Lipinski definition) is 2. The van der Waals surface area contributed by atoms with Crippen molar-refractivity contribution in [1.82, 2.24) is 0 Å². The quantitative estimate of drug-likeness (QED) is 0.406. The van der Waals surface area contributed by atoms with Gasteiger partial charge in [0.15, 0.2) is 0 Å². The Morgan fingerprint density at radius 1 is 1.50 bits per heavy atom. The Hall–Kier alpha value is -0.0726. The van der Waals surface area contributed by atoms with Gasteiger partial charge in [-0.1, -0.05) is 19.1 Å². The van der Waals surface area contributed by atoms with Crippen LogP contribution in [0.3, 0.4) is 0 Å². The van der Waals surface area contributed by atoms with E-state index < -0.39 is 11.1 Å². The molecule has 1 aromatic carbocycles. The van der Waals surface area contributed by atoms with Gasteiger partial charge in [-0.25, -0.2) is 0 Å². The van der Waals surface area contributed by atoms with E-state index in [0.29, 0.717) is 4.90 Å². The molecule has 0 saturated carbocycles. The second-order valence-corrected chi connectivity index (χ2v) is 3.18. The minimum atomic E-state index is -2.09. The maximum absolute atomic E-state index is 10.5. The third-order valence-electron chi connectivity index (χ3n) is 1.50. The van der Waals surface area contributed by atoms with Crippen LogP contribution in [0.25, 0.3) is 0 Å². The molecule has 2 nitrogen and oxygen atoms in total. The largest absolute Gasteiger partial charge is 1.00 e. The third kappa shape index (κ3) is 3.12. The van der Waals surface area contributed by atoms with Gasteiger partial charge in [0.25, 0.3) is 0 Å². The van der Waals surface area contributed by atoms with Gasteiger partial charge in [-0.2, -0.15) is 0 Å². The minimum absolute atomic E-state index is 0. The molecule has 0 radical (unpaired) electrons. The maximum Gasteiger partial charge on any atom is 1.00 e. The first-order chi connectivity index (χ1) is 5.24. The van der Waals surface area contributed by atoms with Crippen LogP contribution in [-0.2, 0) is 17.5 Å². The second kappa shape index (κ2) is 5.55. The molecule has 1 rings (SSSR count). The van der Waals surface area contributed by atoms with Crippen molar-refractivity contribution in [2.75, 3.05) is 0 Å². The smallest absolute Gasteiger partial charge is 0.768 e. The first kappa shape index (κ1) is 11.9. The molecular formula is C8H9LiO2S. The molecule has 0 aliphatic carbocycles. The van der Waals surface area contributed by atoms with Gasteiger partial charge >= 0.3 is 18.9 Å². The van der Waals surface area contributed by atoms with Crippen molar-refractivity contribution in [3.63, 3.8) is 0 Å². The van der Waals surface area contributed by atoms with Crippen LogP contribution in [0.4, 0.5) is 0 Å². The van der Waals surface area contributed by atoms with Crippen molar-refractivity contribution in [3.8, 4) is 0 Å². The predicted molar refractivity (Wildman–Crippen MR) is 43.0 cm³/mol. The fourth-order valence-corrected chi connectivity index (χ4v) is 1.31. The Morgan fingerprint density at radius 3 is 2.67 bits per heavy atom. The number of aryl methyl sites for hydroxylation is 1. The van der Waals surface area contributed by atoms with E-state index in [0.717, 1.165) is 12.0 Å². The van der Waals surface area contributed by atoms with Crippen LogP contribution < -0.4 is 18.9 Å². The molecule has 12 heavy (non-hydrogen) atoms. The number of hydrogen-bond donors (Lipinski definition) is 0. The van der Waals surface area contributed by atoms with E-state index in [-0.39, 0.29) is 18.9 Å². The van der Waals surface area contributed by atoms with Crippen LogP contribution in [0, 0.1) is 0 Å². The Balaban J connectivity index is 0.00000121. The normalized spacial score (nSPS) is 11.8. The van der Waals surface area contributed by atoms with Crippen molar-refractivity contribution in [1.29, 1.82) is 0 Å². The van der Waals surface area contributed by atoms with Crippen LogP contribution in [0.5, 0.6) is 0 Å². The molecule has 0 fully saturated rings. The molecule has 4 heteroatoms. The van der Waals surface area contributed by atoms with Crippen LogP contribution in [-0.4, -0.2) is 8.76 Å². The van der Waals surface area contributed by atoms with Gasteiger partial charge in [-0.15, -0.1) is 0 Å². The molecule has 0 saturated heterocycles. The van der Waals surface area contributed by atoms with E-state index in [1.807, 2.05) is 13.0 Å². The monoisotopic (exact) mass is 176 g/mol. The summed E-state index contributed by atoms with van der Waals surface area (Å²) in [5.74, 6) is 0. The van der Waals surface area contributed by atoms with Crippen LogP contribution >= 0.6 is 0 Å². The summed E-state index contributed by atoms with van der Waals surface area (Å²) in [5.41, 5.74) is 1.05. The zero-order valence-electron chi connectivity index (χ0n) is 7.24. The zero-order valence-corrected chi connectivity index (χ0v) is 8.06. The second-order valence-electron chi connectivity index (χ2n) is 2.24. The SMILES string of the molecule is CCc1cccc(S(=O)[O-])c1.[Li+]. The van der Waals surface area contributed by atoms with E-state index in [2.05, 4.69) is 0 Å². The Bertz CT molecular complexity index is 276. The van der Waals surface area contributed by atoms with E-state index in [1.54, 1.807) is 18.2 Å². The predicted octanol–water partition coefficient (Wildman–Crippen LogP) is -1.51. The minimum Gasteiger partial charge on any atom is -0.768 e. The summed E-state index contributed by atoms with van der Waals surface area (Å²) in [4.78, 5) is 0.365. The zero-order chi connectivity index (χ0) is 8.27. The maximum atomic E-state index is 10.5. The molecule has 0 heterocycles. The third-order valence-corrected chi connectivity index (χ3v) is 2.14. The molecule has 1 aromatic rings. The fourth-order valence-electron chi connectivity index (χ4n) is 0.869. The van der Waals surface area contributed by atoms with Crippen molar-refractivity contribution >= 4 is 11.1 Å². The van der Waals surface area contributed by atoms with Crippen molar-refractivity contribution in [2.24, 2.45) is 0 Å². The van der Waals surface area contributed by atoms with Crippen LogP contribution in [0.2, 0.25) is 0 Å². The van der Waals surface area contributed by atoms with E-state index >= 15 is 0 Å². The molecule has 1 unspecified atom stereocenters. The summed E-state index contributed by atoms with van der Waals surface area (Å²) in [7, 11) is 0. The summed E-state index contributed by atoms with van der Waals surface area (Å²) in [6.45, 7) is 1.99. The van der Waals surface area contributed by atoms with Crippen molar-refractivity contribution in [2.45, 2.75) is 18.2 Å². The van der Waals surface area contributed by atoms with E-state index in [1.165, 1.54) is 0 Å². The van der Waals surface area contributed by atoms with Crippen molar-refractivity contribution < 1.29 is 27.6 Å². The number of benzene rings is 1. The number of rotatable bonds is 2. The fraction of sp³-hybridized carbons (Fsp3) is 0.250. The first-order valence-electron chi connectivity index (χ1n) is 3.42. The van der Waals surface area contributed by atoms with E-state index in [4.69, 9.17) is 0 Å². The first-order valence-corrected chi connectivity index (χ1v) is 4.49. The molecule has 1 atom stereocenters. The molecule has 60 valence electrons. The Labute approximate surface area is 86.8 Å². The topological polar surface area (TPSA) is 40.1 Å². The molecule has 0 amide bonds. The summed E-state index contributed by atoms with van der Waals surface area (Å²) >= 11 is -2.09. The average Bonchev–Trinajstić information content (AvgIpc) is 2.05. The molecular weight excluding hydrogens is 167 g/mol. The molecule has 0 aliphatic heterocycles. The van der Waals surface area contributed by atoms with Crippen LogP contribution in [0.15, 0.2) is 29.2 Å². The summed E-state index contributed by atoms with van der Waals surface area (Å²) in [6, 6.07) is 6.94. The van der Waals surface area contributed by atoms with Gasteiger partial charge in [0.05, 0.1) is 0 Å². The molecule has 0 aliphatic rings. The van der Waals surface area contributed by atoms with Gasteiger partial charge in [0, 0.05) is 4.90 Å². The van der Waals surface area contributed by atoms with Gasteiger partial charge < -0.3 is 4.55 Å². The van der Waals surface area contributed by atoms with Crippen molar-refractivity contribution in [3.05, 3.63) is 29.8 Å². The summed E-state index contributed by atoms with van der Waals surface area (Å²) < 4.78 is 20.9. The summed E-state index contributed by atoms with van der Waals surface area (Å²) in [5, 5.41) is 0. The summed E-state index contributed by atoms with van der Waals surface area (Å²) in [6.07, 6.45) is 0.866. The van der Waals surface area contributed by atoms with Gasteiger partial charge in [-0.3, -0.25) is 4.21 Å². The molecule has 0 bridgehead atoms. The van der Waals surface area contributed by atoms with Crippen LogP contribution in [0.1, 0.15) is 12.5 Å². The molecule has 0 aromatic heterocycles.